The summed E-state index contributed by atoms with van der Waals surface area (Å²) in [7, 11) is 0. The summed E-state index contributed by atoms with van der Waals surface area (Å²) in [5.41, 5.74) is 0.637. The second-order valence-corrected chi connectivity index (χ2v) is 3.55. The molecule has 0 spiro atoms. The van der Waals surface area contributed by atoms with E-state index in [9.17, 15) is 4.39 Å². The van der Waals surface area contributed by atoms with Crippen molar-refractivity contribution in [1.82, 2.24) is 4.98 Å². The van der Waals surface area contributed by atoms with Crippen molar-refractivity contribution in [3.05, 3.63) is 41.2 Å². The van der Waals surface area contributed by atoms with E-state index in [2.05, 4.69) is 11.1 Å². The number of hydrogen-bond acceptors (Lipinski definition) is 3. The van der Waals surface area contributed by atoms with Gasteiger partial charge in [-0.1, -0.05) is 17.0 Å². The van der Waals surface area contributed by atoms with Crippen molar-refractivity contribution < 1.29 is 24.5 Å². The normalized spacial score (nSPS) is 9.07. The molecular formula is C10H4FIrN2S-. The van der Waals surface area contributed by atoms with Crippen LogP contribution in [0.4, 0.5) is 4.39 Å². The Kier molecular flexibility index (Phi) is 4.10. The topological polar surface area (TPSA) is 36.7 Å². The first kappa shape index (κ1) is 12.0. The predicted molar refractivity (Wildman–Crippen MR) is 51.1 cm³/mol. The zero-order chi connectivity index (χ0) is 9.97. The summed E-state index contributed by atoms with van der Waals surface area (Å²) in [6.45, 7) is 0. The third-order valence-electron chi connectivity index (χ3n) is 1.63. The molecule has 0 bridgehead atoms. The van der Waals surface area contributed by atoms with Gasteiger partial charge < -0.3 is 4.98 Å². The first-order valence-electron chi connectivity index (χ1n) is 3.84. The molecule has 0 atom stereocenters. The van der Waals surface area contributed by atoms with Crippen LogP contribution in [-0.2, 0) is 20.1 Å². The van der Waals surface area contributed by atoms with Gasteiger partial charge in [-0.15, -0.1) is 6.07 Å². The maximum atomic E-state index is 13.0. The van der Waals surface area contributed by atoms with Crippen LogP contribution in [-0.4, -0.2) is 4.98 Å². The van der Waals surface area contributed by atoms with Gasteiger partial charge in [0.25, 0.3) is 0 Å². The predicted octanol–water partition coefficient (Wildman–Crippen LogP) is 2.62. The molecule has 0 amide bonds. The average molecular weight is 395 g/mol. The third kappa shape index (κ3) is 2.48. The third-order valence-corrected chi connectivity index (χ3v) is 2.62. The van der Waals surface area contributed by atoms with Crippen molar-refractivity contribution >= 4 is 11.3 Å². The maximum Gasteiger partial charge on any atom is 0.0453 e. The number of nitrogens with zero attached hydrogens (tertiary/aromatic N) is 2. The van der Waals surface area contributed by atoms with Crippen LogP contribution in [0.25, 0.3) is 10.6 Å². The van der Waals surface area contributed by atoms with Crippen LogP contribution in [0.3, 0.4) is 0 Å². The van der Waals surface area contributed by atoms with Gasteiger partial charge in [-0.25, -0.2) is 21.0 Å². The van der Waals surface area contributed by atoms with Crippen LogP contribution in [0.5, 0.6) is 0 Å². The molecule has 2 rings (SSSR count). The van der Waals surface area contributed by atoms with E-state index in [1.54, 1.807) is 30.5 Å². The Morgan fingerprint density at radius 3 is 2.80 bits per heavy atom. The molecule has 15 heavy (non-hydrogen) atoms. The number of halogens is 1. The van der Waals surface area contributed by atoms with E-state index in [1.165, 1.54) is 0 Å². The van der Waals surface area contributed by atoms with Gasteiger partial charge in [0, 0.05) is 43.1 Å². The molecule has 2 aromatic heterocycles. The van der Waals surface area contributed by atoms with Crippen molar-refractivity contribution in [3.63, 3.8) is 0 Å². The monoisotopic (exact) mass is 396 g/mol. The van der Waals surface area contributed by atoms with Crippen LogP contribution in [0, 0.1) is 23.2 Å². The van der Waals surface area contributed by atoms with Crippen LogP contribution in [0.1, 0.15) is 4.88 Å². The van der Waals surface area contributed by atoms with E-state index in [1.807, 2.05) is 0 Å². The molecule has 0 aliphatic rings. The largest absolute Gasteiger partial charge is 0.319 e. The fourth-order valence-corrected chi connectivity index (χ4v) is 1.77. The van der Waals surface area contributed by atoms with Gasteiger partial charge >= 0.3 is 0 Å². The molecule has 0 N–H and O–H groups in total. The zero-order valence-corrected chi connectivity index (χ0v) is 10.5. The Balaban J connectivity index is 0.00000112. The van der Waals surface area contributed by atoms with Crippen LogP contribution < -0.4 is 0 Å². The summed E-state index contributed by atoms with van der Waals surface area (Å²) in [5, 5.41) is 8.56. The van der Waals surface area contributed by atoms with Crippen molar-refractivity contribution in [2.75, 3.05) is 0 Å². The van der Waals surface area contributed by atoms with Gasteiger partial charge in [-0.05, 0) is 11.8 Å². The van der Waals surface area contributed by atoms with Gasteiger partial charge in [-0.2, -0.15) is 0 Å². The fraction of sp³-hybridized carbons (Fsp3) is 0. The number of pyridine rings is 1. The molecular weight excluding hydrogens is 391 g/mol. The van der Waals surface area contributed by atoms with E-state index >= 15 is 0 Å². The van der Waals surface area contributed by atoms with Crippen LogP contribution >= 0.6 is 11.3 Å². The minimum atomic E-state index is -0.599. The quantitative estimate of drug-likeness (QED) is 0.696. The van der Waals surface area contributed by atoms with Crippen molar-refractivity contribution in [2.45, 2.75) is 0 Å². The first-order chi connectivity index (χ1) is 6.81. The number of hydrogen-bond donors (Lipinski definition) is 0. The Morgan fingerprint density at radius 1 is 1.47 bits per heavy atom. The Morgan fingerprint density at radius 2 is 2.27 bits per heavy atom. The minimum absolute atomic E-state index is 0. The van der Waals surface area contributed by atoms with Crippen molar-refractivity contribution in [3.8, 4) is 16.6 Å². The fourth-order valence-electron chi connectivity index (χ4n) is 1.01. The summed E-state index contributed by atoms with van der Waals surface area (Å²) in [6, 6.07) is 9.58. The molecule has 0 fully saturated rings. The molecule has 2 aromatic rings. The smallest absolute Gasteiger partial charge is 0.0453 e. The second-order valence-electron chi connectivity index (χ2n) is 2.53. The van der Waals surface area contributed by atoms with E-state index < -0.39 is 5.82 Å². The minimum Gasteiger partial charge on any atom is -0.319 e. The SMILES string of the molecule is N#Cc1sc(-c2ccccn2)[c-]c1F.[Ir]. The van der Waals surface area contributed by atoms with E-state index in [0.717, 1.165) is 11.3 Å². The summed E-state index contributed by atoms with van der Waals surface area (Å²) in [5.74, 6) is -0.599. The molecule has 0 saturated heterocycles. The second kappa shape index (κ2) is 5.13. The maximum absolute atomic E-state index is 13.0. The molecule has 2 heterocycles. The Labute approximate surface area is 104 Å². The van der Waals surface area contributed by atoms with Gasteiger partial charge in [0.2, 0.25) is 0 Å². The molecule has 0 aliphatic heterocycles. The van der Waals surface area contributed by atoms with E-state index in [4.69, 9.17) is 5.26 Å². The number of thiophene rings is 1. The van der Waals surface area contributed by atoms with E-state index in [-0.39, 0.29) is 25.0 Å². The summed E-state index contributed by atoms with van der Waals surface area (Å²) >= 11 is 1.06. The molecule has 2 nitrogen and oxygen atoms in total. The standard InChI is InChI=1S/C10H4FN2S.Ir/c11-7-5-9(14-10(7)6-12)8-3-1-2-4-13-8;/h1-4H;/q-1;. The summed E-state index contributed by atoms with van der Waals surface area (Å²) < 4.78 is 13.0. The number of nitriles is 1. The summed E-state index contributed by atoms with van der Waals surface area (Å²) in [6.07, 6.45) is 1.62. The van der Waals surface area contributed by atoms with Gasteiger partial charge in [0.05, 0.1) is 0 Å². The molecule has 1 radical (unpaired) electrons. The van der Waals surface area contributed by atoms with Crippen molar-refractivity contribution in [1.29, 1.82) is 5.26 Å². The van der Waals surface area contributed by atoms with Crippen LogP contribution in [0.15, 0.2) is 24.4 Å². The van der Waals surface area contributed by atoms with E-state index in [0.29, 0.717) is 10.6 Å². The Bertz CT molecular complexity index is 490. The number of aromatic nitrogens is 1. The number of rotatable bonds is 1. The van der Waals surface area contributed by atoms with Gasteiger partial charge in [-0.3, -0.25) is 0 Å². The van der Waals surface area contributed by atoms with Crippen molar-refractivity contribution in [2.24, 2.45) is 0 Å². The van der Waals surface area contributed by atoms with Gasteiger partial charge in [0.15, 0.2) is 0 Å². The molecule has 0 aromatic carbocycles. The zero-order valence-electron chi connectivity index (χ0n) is 7.32. The molecule has 0 aliphatic carbocycles. The molecule has 77 valence electrons. The summed E-state index contributed by atoms with van der Waals surface area (Å²) in [4.78, 5) is 4.64. The first-order valence-corrected chi connectivity index (χ1v) is 4.66. The molecule has 0 unspecified atom stereocenters. The average Bonchev–Trinajstić information content (AvgIpc) is 2.61. The Hall–Kier alpha value is -1.08. The van der Waals surface area contributed by atoms with Gasteiger partial charge in [0.1, 0.15) is 0 Å². The van der Waals surface area contributed by atoms with Crippen LogP contribution in [0.2, 0.25) is 0 Å². The molecule has 0 saturated carbocycles. The molecule has 5 heteroatoms.